The maximum Gasteiger partial charge on any atom is 0.271 e. The third-order valence-electron chi connectivity index (χ3n) is 4.51. The molecule has 0 aliphatic carbocycles. The molecule has 0 bridgehead atoms. The second kappa shape index (κ2) is 8.64. The van der Waals surface area contributed by atoms with Crippen LogP contribution in [0.4, 0.5) is 5.69 Å². The molecule has 2 N–H and O–H groups in total. The van der Waals surface area contributed by atoms with E-state index >= 15 is 0 Å². The van der Waals surface area contributed by atoms with E-state index in [9.17, 15) is 9.59 Å². The summed E-state index contributed by atoms with van der Waals surface area (Å²) in [6, 6.07) is 5.70. The van der Waals surface area contributed by atoms with E-state index in [0.29, 0.717) is 18.8 Å². The number of rotatable bonds is 6. The van der Waals surface area contributed by atoms with E-state index in [1.807, 2.05) is 48.2 Å². The number of hydrogen-bond donors (Lipinski definition) is 2. The number of carbonyl (C=O) groups is 1. The average molecular weight is 367 g/mol. The van der Waals surface area contributed by atoms with Crippen molar-refractivity contribution in [3.8, 4) is 11.1 Å². The van der Waals surface area contributed by atoms with Gasteiger partial charge >= 0.3 is 0 Å². The van der Waals surface area contributed by atoms with Gasteiger partial charge in [-0.2, -0.15) is 0 Å². The number of aromatic nitrogens is 2. The predicted molar refractivity (Wildman–Crippen MR) is 107 cm³/mol. The van der Waals surface area contributed by atoms with Gasteiger partial charge in [0, 0.05) is 55.9 Å². The van der Waals surface area contributed by atoms with Gasteiger partial charge in [-0.05, 0) is 44.3 Å². The highest BCUT2D eigenvalue weighted by molar-refractivity contribution is 5.87. The number of anilines is 1. The minimum atomic E-state index is -0.163. The van der Waals surface area contributed by atoms with Gasteiger partial charge in [0.15, 0.2) is 0 Å². The Morgan fingerprint density at radius 1 is 1.37 bits per heavy atom. The van der Waals surface area contributed by atoms with Crippen molar-refractivity contribution in [2.24, 2.45) is 0 Å². The summed E-state index contributed by atoms with van der Waals surface area (Å²) in [5.41, 5.74) is 2.26. The normalized spacial score (nSPS) is 17.0. The molecule has 1 atom stereocenters. The number of likely N-dealkylation sites (tertiary alicyclic amines) is 1. The van der Waals surface area contributed by atoms with Crippen LogP contribution in [0.3, 0.4) is 0 Å². The van der Waals surface area contributed by atoms with Crippen LogP contribution in [0.2, 0.25) is 0 Å². The lowest BCUT2D eigenvalue weighted by molar-refractivity contribution is -0.125. The Morgan fingerprint density at radius 2 is 2.15 bits per heavy atom. The van der Waals surface area contributed by atoms with E-state index in [1.54, 1.807) is 24.7 Å². The zero-order valence-corrected chi connectivity index (χ0v) is 15.7. The molecule has 7 nitrogen and oxygen atoms in total. The number of likely N-dealkylation sites (N-methyl/N-ethyl adjacent to an activating group) is 1. The van der Waals surface area contributed by atoms with Crippen molar-refractivity contribution in [1.29, 1.82) is 0 Å². The molecule has 0 saturated carbocycles. The molecule has 1 aliphatic heterocycles. The number of hydrogen-bond acceptors (Lipinski definition) is 5. The maximum absolute atomic E-state index is 12.2. The Hall–Kier alpha value is -2.93. The minimum absolute atomic E-state index is 0.0144. The molecule has 3 rings (SSSR count). The van der Waals surface area contributed by atoms with Crippen LogP contribution in [0.15, 0.2) is 53.7 Å². The fourth-order valence-electron chi connectivity index (χ4n) is 3.07. The van der Waals surface area contributed by atoms with Crippen molar-refractivity contribution in [3.63, 3.8) is 0 Å². The van der Waals surface area contributed by atoms with Crippen LogP contribution in [0.25, 0.3) is 11.1 Å². The Kier molecular flexibility index (Phi) is 6.03. The van der Waals surface area contributed by atoms with Gasteiger partial charge in [0.1, 0.15) is 5.69 Å². The lowest BCUT2D eigenvalue weighted by Crippen LogP contribution is -2.31. The first-order valence-corrected chi connectivity index (χ1v) is 9.03. The highest BCUT2D eigenvalue weighted by Crippen LogP contribution is 2.20. The Balaban J connectivity index is 1.64. The van der Waals surface area contributed by atoms with Crippen LogP contribution in [0, 0.1) is 0 Å². The summed E-state index contributed by atoms with van der Waals surface area (Å²) >= 11 is 0. The topological polar surface area (TPSA) is 81.3 Å². The summed E-state index contributed by atoms with van der Waals surface area (Å²) in [5, 5.41) is 3.29. The molecule has 1 fully saturated rings. The van der Waals surface area contributed by atoms with Crippen LogP contribution < -0.4 is 10.9 Å². The number of pyridine rings is 2. The van der Waals surface area contributed by atoms with Crippen molar-refractivity contribution in [2.45, 2.75) is 12.5 Å². The average Bonchev–Trinajstić information content (AvgIpc) is 3.12. The third kappa shape index (κ3) is 5.04. The van der Waals surface area contributed by atoms with E-state index in [4.69, 9.17) is 0 Å². The van der Waals surface area contributed by atoms with E-state index in [-0.39, 0.29) is 17.5 Å². The van der Waals surface area contributed by atoms with Crippen molar-refractivity contribution in [1.82, 2.24) is 19.8 Å². The van der Waals surface area contributed by atoms with Gasteiger partial charge in [0.05, 0.1) is 0 Å². The summed E-state index contributed by atoms with van der Waals surface area (Å²) in [6.07, 6.45) is 9.44. The van der Waals surface area contributed by atoms with E-state index in [0.717, 1.165) is 24.1 Å². The smallest absolute Gasteiger partial charge is 0.271 e. The second-order valence-corrected chi connectivity index (χ2v) is 6.95. The van der Waals surface area contributed by atoms with E-state index < -0.39 is 0 Å². The summed E-state index contributed by atoms with van der Waals surface area (Å²) in [6.45, 7) is 2.01. The van der Waals surface area contributed by atoms with Gasteiger partial charge in [0.2, 0.25) is 5.91 Å². The Bertz CT molecular complexity index is 860. The molecule has 1 amide bonds. The Morgan fingerprint density at radius 3 is 2.89 bits per heavy atom. The van der Waals surface area contributed by atoms with Crippen LogP contribution >= 0.6 is 0 Å². The number of H-pyrrole nitrogens is 1. The quantitative estimate of drug-likeness (QED) is 0.758. The molecule has 0 radical (unpaired) electrons. The molecule has 2 aromatic heterocycles. The summed E-state index contributed by atoms with van der Waals surface area (Å²) in [4.78, 5) is 35.0. The number of nitrogens with zero attached hydrogens (tertiary/aromatic N) is 3. The lowest BCUT2D eigenvalue weighted by Gasteiger charge is -2.16. The Labute approximate surface area is 158 Å². The molecule has 27 heavy (non-hydrogen) atoms. The predicted octanol–water partition coefficient (Wildman–Crippen LogP) is 1.57. The van der Waals surface area contributed by atoms with Crippen LogP contribution in [-0.4, -0.2) is 65.4 Å². The highest BCUT2D eigenvalue weighted by Gasteiger charge is 2.25. The largest absolute Gasteiger partial charge is 0.376 e. The fraction of sp³-hybridized carbons (Fsp3) is 0.350. The fourth-order valence-corrected chi connectivity index (χ4v) is 3.07. The first kappa shape index (κ1) is 18.8. The monoisotopic (exact) mass is 367 g/mol. The van der Waals surface area contributed by atoms with Gasteiger partial charge in [-0.25, -0.2) is 0 Å². The second-order valence-electron chi connectivity index (χ2n) is 6.95. The zero-order chi connectivity index (χ0) is 19.2. The van der Waals surface area contributed by atoms with E-state index in [1.165, 1.54) is 0 Å². The lowest BCUT2D eigenvalue weighted by atomic mass is 10.1. The van der Waals surface area contributed by atoms with Crippen molar-refractivity contribution in [2.75, 3.05) is 39.0 Å². The summed E-state index contributed by atoms with van der Waals surface area (Å²) in [7, 11) is 3.92. The van der Waals surface area contributed by atoms with Gasteiger partial charge in [-0.15, -0.1) is 0 Å². The van der Waals surface area contributed by atoms with Crippen molar-refractivity contribution in [3.05, 3.63) is 59.3 Å². The van der Waals surface area contributed by atoms with E-state index in [2.05, 4.69) is 15.3 Å². The molecular formula is C20H25N5O2. The van der Waals surface area contributed by atoms with Crippen LogP contribution in [-0.2, 0) is 4.79 Å². The van der Waals surface area contributed by atoms with Gasteiger partial charge < -0.3 is 20.1 Å². The van der Waals surface area contributed by atoms with Gasteiger partial charge in [0.25, 0.3) is 5.56 Å². The first-order chi connectivity index (χ1) is 13.0. The van der Waals surface area contributed by atoms with Crippen LogP contribution in [0.1, 0.15) is 6.42 Å². The molecule has 1 aliphatic rings. The first-order valence-electron chi connectivity index (χ1n) is 9.03. The number of amides is 1. The minimum Gasteiger partial charge on any atom is -0.376 e. The third-order valence-corrected chi connectivity index (χ3v) is 4.51. The molecule has 0 aromatic carbocycles. The molecule has 142 valence electrons. The highest BCUT2D eigenvalue weighted by atomic mass is 16.2. The van der Waals surface area contributed by atoms with Crippen molar-refractivity contribution >= 4 is 11.6 Å². The number of nitrogens with one attached hydrogen (secondary N) is 2. The molecule has 0 spiro atoms. The maximum atomic E-state index is 12.2. The molecule has 0 unspecified atom stereocenters. The number of carbonyl (C=O) groups excluding carboxylic acids is 1. The molecule has 3 heterocycles. The summed E-state index contributed by atoms with van der Waals surface area (Å²) < 4.78 is 0. The SMILES string of the molecule is CN(C)CC=CC(=O)N1CC[C@H](Nc2cc(-c3ccncc3)c[nH]c2=O)C1. The molecule has 2 aromatic rings. The van der Waals surface area contributed by atoms with Crippen LogP contribution in [0.5, 0.6) is 0 Å². The standard InChI is InChI=1S/C20H25N5O2/c1-24(2)10-3-4-19(26)25-11-7-17(14-25)23-18-12-16(13-22-20(18)27)15-5-8-21-9-6-15/h3-6,8-9,12-13,17,23H,7,10-11,14H2,1-2H3,(H,22,27)/t17-/m0/s1. The molecule has 1 saturated heterocycles. The van der Waals surface area contributed by atoms with Gasteiger partial charge in [-0.1, -0.05) is 6.08 Å². The summed E-state index contributed by atoms with van der Waals surface area (Å²) in [5.74, 6) is 0.0144. The van der Waals surface area contributed by atoms with Crippen molar-refractivity contribution < 1.29 is 4.79 Å². The number of aromatic amines is 1. The molecular weight excluding hydrogens is 342 g/mol. The molecule has 7 heteroatoms. The van der Waals surface area contributed by atoms with Gasteiger partial charge in [-0.3, -0.25) is 14.6 Å². The zero-order valence-electron chi connectivity index (χ0n) is 15.7.